The predicted octanol–water partition coefficient (Wildman–Crippen LogP) is 6.92. The average Bonchev–Trinajstić information content (AvgIpc) is 3.06. The van der Waals surface area contributed by atoms with Gasteiger partial charge in [0.15, 0.2) is 0 Å². The number of rotatable bonds is 3. The Morgan fingerprint density at radius 1 is 0.857 bits per heavy atom. The van der Waals surface area contributed by atoms with Crippen LogP contribution in [-0.4, -0.2) is 9.78 Å². The van der Waals surface area contributed by atoms with E-state index in [1.54, 1.807) is 6.07 Å². The normalized spacial score (nSPS) is 11.0. The molecule has 0 bridgehead atoms. The summed E-state index contributed by atoms with van der Waals surface area (Å²) in [4.78, 5) is 0. The van der Waals surface area contributed by atoms with Crippen molar-refractivity contribution in [2.45, 2.75) is 20.8 Å². The third-order valence-corrected chi connectivity index (χ3v) is 5.08. The Balaban J connectivity index is 1.96. The van der Waals surface area contributed by atoms with Crippen LogP contribution < -0.4 is 0 Å². The molecular formula is C24H20ClFN2. The van der Waals surface area contributed by atoms with Crippen LogP contribution in [0.5, 0.6) is 0 Å². The van der Waals surface area contributed by atoms with Gasteiger partial charge in [0.2, 0.25) is 0 Å². The highest BCUT2D eigenvalue weighted by molar-refractivity contribution is 6.30. The highest BCUT2D eigenvalue weighted by Crippen LogP contribution is 2.34. The molecule has 0 unspecified atom stereocenters. The Hall–Kier alpha value is -2.91. The summed E-state index contributed by atoms with van der Waals surface area (Å²) in [5.41, 5.74) is 7.95. The molecule has 0 amide bonds. The van der Waals surface area contributed by atoms with E-state index in [0.717, 1.165) is 39.2 Å². The molecule has 140 valence electrons. The number of hydrogen-bond acceptors (Lipinski definition) is 1. The van der Waals surface area contributed by atoms with Crippen molar-refractivity contribution < 1.29 is 4.39 Å². The fourth-order valence-corrected chi connectivity index (χ4v) is 3.84. The van der Waals surface area contributed by atoms with E-state index in [9.17, 15) is 4.39 Å². The van der Waals surface area contributed by atoms with E-state index in [-0.39, 0.29) is 5.82 Å². The fourth-order valence-electron chi connectivity index (χ4n) is 3.71. The summed E-state index contributed by atoms with van der Waals surface area (Å²) >= 11 is 6.06. The number of halogens is 2. The SMILES string of the molecule is Cc1cc(C)c(-n2cc(-c3ccc(Cl)cc3)c(-c3cccc(F)c3)n2)c(C)c1. The summed E-state index contributed by atoms with van der Waals surface area (Å²) in [6.45, 7) is 6.26. The molecule has 4 heteroatoms. The molecule has 0 radical (unpaired) electrons. The molecule has 0 atom stereocenters. The van der Waals surface area contributed by atoms with Gasteiger partial charge < -0.3 is 0 Å². The molecule has 0 spiro atoms. The zero-order chi connectivity index (χ0) is 19.8. The van der Waals surface area contributed by atoms with Gasteiger partial charge in [-0.2, -0.15) is 5.10 Å². The maximum Gasteiger partial charge on any atom is 0.123 e. The molecule has 1 heterocycles. The van der Waals surface area contributed by atoms with Gasteiger partial charge in [-0.3, -0.25) is 0 Å². The van der Waals surface area contributed by atoms with Crippen molar-refractivity contribution in [2.75, 3.05) is 0 Å². The van der Waals surface area contributed by atoms with Crippen molar-refractivity contribution in [1.29, 1.82) is 0 Å². The number of aromatic nitrogens is 2. The molecule has 1 aromatic heterocycles. The third kappa shape index (κ3) is 3.46. The second kappa shape index (κ2) is 7.25. The topological polar surface area (TPSA) is 17.8 Å². The molecule has 28 heavy (non-hydrogen) atoms. The first-order chi connectivity index (χ1) is 13.4. The molecule has 3 aromatic carbocycles. The van der Waals surface area contributed by atoms with E-state index in [2.05, 4.69) is 32.9 Å². The summed E-state index contributed by atoms with van der Waals surface area (Å²) in [6.07, 6.45) is 2.01. The largest absolute Gasteiger partial charge is 0.239 e. The van der Waals surface area contributed by atoms with Gasteiger partial charge in [0.05, 0.1) is 5.69 Å². The highest BCUT2D eigenvalue weighted by Gasteiger charge is 2.17. The Morgan fingerprint density at radius 2 is 1.54 bits per heavy atom. The first-order valence-electron chi connectivity index (χ1n) is 9.12. The van der Waals surface area contributed by atoms with Crippen LogP contribution in [0.3, 0.4) is 0 Å². The molecule has 0 aliphatic carbocycles. The van der Waals surface area contributed by atoms with Gasteiger partial charge in [0.25, 0.3) is 0 Å². The molecular weight excluding hydrogens is 371 g/mol. The van der Waals surface area contributed by atoms with E-state index in [1.165, 1.54) is 17.7 Å². The van der Waals surface area contributed by atoms with Crippen LogP contribution in [-0.2, 0) is 0 Å². The van der Waals surface area contributed by atoms with Crippen molar-refractivity contribution in [2.24, 2.45) is 0 Å². The second-order valence-electron chi connectivity index (χ2n) is 7.10. The molecule has 0 aliphatic heterocycles. The van der Waals surface area contributed by atoms with Crippen LogP contribution >= 0.6 is 11.6 Å². The minimum absolute atomic E-state index is 0.281. The molecule has 0 saturated heterocycles. The average molecular weight is 391 g/mol. The molecule has 0 aliphatic rings. The number of aryl methyl sites for hydroxylation is 3. The van der Waals surface area contributed by atoms with Crippen molar-refractivity contribution >= 4 is 11.6 Å². The summed E-state index contributed by atoms with van der Waals surface area (Å²) in [5, 5.41) is 5.53. The summed E-state index contributed by atoms with van der Waals surface area (Å²) in [6, 6.07) is 18.5. The van der Waals surface area contributed by atoms with Crippen LogP contribution in [0.2, 0.25) is 5.02 Å². The van der Waals surface area contributed by atoms with Crippen LogP contribution in [0.25, 0.3) is 28.1 Å². The Labute approximate surface area is 169 Å². The zero-order valence-corrected chi connectivity index (χ0v) is 16.8. The van der Waals surface area contributed by atoms with Crippen molar-refractivity contribution in [3.05, 3.63) is 94.4 Å². The minimum atomic E-state index is -0.281. The lowest BCUT2D eigenvalue weighted by Gasteiger charge is -2.11. The first-order valence-corrected chi connectivity index (χ1v) is 9.50. The maximum atomic E-state index is 13.9. The van der Waals surface area contributed by atoms with Gasteiger partial charge in [-0.25, -0.2) is 9.07 Å². The van der Waals surface area contributed by atoms with Gasteiger partial charge in [-0.1, -0.05) is 53.6 Å². The van der Waals surface area contributed by atoms with Gasteiger partial charge in [-0.15, -0.1) is 0 Å². The van der Waals surface area contributed by atoms with Gasteiger partial charge in [0.1, 0.15) is 11.5 Å². The first kappa shape index (κ1) is 18.5. The van der Waals surface area contributed by atoms with E-state index in [4.69, 9.17) is 16.7 Å². The van der Waals surface area contributed by atoms with Gasteiger partial charge in [-0.05, 0) is 61.7 Å². The molecule has 4 rings (SSSR count). The van der Waals surface area contributed by atoms with E-state index < -0.39 is 0 Å². The summed E-state index contributed by atoms with van der Waals surface area (Å²) in [7, 11) is 0. The minimum Gasteiger partial charge on any atom is -0.239 e. The number of nitrogens with zero attached hydrogens (tertiary/aromatic N) is 2. The Bertz CT molecular complexity index is 1140. The Morgan fingerprint density at radius 3 is 2.18 bits per heavy atom. The van der Waals surface area contributed by atoms with Crippen LogP contribution in [0.4, 0.5) is 4.39 Å². The molecule has 2 nitrogen and oxygen atoms in total. The highest BCUT2D eigenvalue weighted by atomic mass is 35.5. The predicted molar refractivity (Wildman–Crippen MR) is 114 cm³/mol. The van der Waals surface area contributed by atoms with E-state index >= 15 is 0 Å². The van der Waals surface area contributed by atoms with E-state index in [1.807, 2.05) is 41.2 Å². The molecule has 4 aromatic rings. The zero-order valence-electron chi connectivity index (χ0n) is 16.0. The van der Waals surface area contributed by atoms with Crippen molar-refractivity contribution in [3.63, 3.8) is 0 Å². The monoisotopic (exact) mass is 390 g/mol. The number of hydrogen-bond donors (Lipinski definition) is 0. The lowest BCUT2D eigenvalue weighted by Crippen LogP contribution is -2.01. The van der Waals surface area contributed by atoms with Crippen LogP contribution in [0.15, 0.2) is 66.9 Å². The number of benzene rings is 3. The molecule has 0 fully saturated rings. The quantitative estimate of drug-likeness (QED) is 0.371. The standard InChI is InChI=1S/C24H20ClFN2/c1-15-11-16(2)24(17(3)12-15)28-14-22(18-7-9-20(25)10-8-18)23(27-28)19-5-4-6-21(26)13-19/h4-14H,1-3H3. The van der Waals surface area contributed by atoms with Crippen LogP contribution in [0, 0.1) is 26.6 Å². The lowest BCUT2D eigenvalue weighted by molar-refractivity contribution is 0.628. The molecule has 0 N–H and O–H groups in total. The summed E-state index contributed by atoms with van der Waals surface area (Å²) < 4.78 is 15.8. The molecule has 0 saturated carbocycles. The fraction of sp³-hybridized carbons (Fsp3) is 0.125. The van der Waals surface area contributed by atoms with E-state index in [0.29, 0.717) is 5.02 Å². The Kier molecular flexibility index (Phi) is 4.78. The lowest BCUT2D eigenvalue weighted by atomic mass is 10.0. The van der Waals surface area contributed by atoms with Crippen LogP contribution in [0.1, 0.15) is 16.7 Å². The van der Waals surface area contributed by atoms with Crippen molar-refractivity contribution in [3.8, 4) is 28.1 Å². The van der Waals surface area contributed by atoms with Gasteiger partial charge >= 0.3 is 0 Å². The summed E-state index contributed by atoms with van der Waals surface area (Å²) in [5.74, 6) is -0.281. The van der Waals surface area contributed by atoms with Crippen molar-refractivity contribution in [1.82, 2.24) is 9.78 Å². The smallest absolute Gasteiger partial charge is 0.123 e. The maximum absolute atomic E-state index is 13.9. The third-order valence-electron chi connectivity index (χ3n) is 4.83. The second-order valence-corrected chi connectivity index (χ2v) is 7.54. The van der Waals surface area contributed by atoms with Gasteiger partial charge in [0, 0.05) is 22.3 Å².